The Hall–Kier alpha value is -2.40. The van der Waals surface area contributed by atoms with E-state index in [4.69, 9.17) is 0 Å². The lowest BCUT2D eigenvalue weighted by molar-refractivity contribution is -0.139. The number of carbonyl (C=O) groups is 2. The molecule has 2 aromatic carbocycles. The van der Waals surface area contributed by atoms with Crippen LogP contribution in [-0.2, 0) is 9.59 Å². The van der Waals surface area contributed by atoms with Crippen LogP contribution >= 0.6 is 15.9 Å². The molecule has 1 saturated heterocycles. The highest BCUT2D eigenvalue weighted by molar-refractivity contribution is 9.10. The van der Waals surface area contributed by atoms with Gasteiger partial charge in [0, 0.05) is 16.6 Å². The predicted molar refractivity (Wildman–Crippen MR) is 160 cm³/mol. The first kappa shape index (κ1) is 30.1. The SMILES string of the molecule is CCCCCCCCCCCCCCCCN1C(=O)C(=O)/C(=C(/O)c2ccc(Br)cc2)[C@H]1c1ccccc1. The highest BCUT2D eigenvalue weighted by Gasteiger charge is 2.45. The van der Waals surface area contributed by atoms with Crippen LogP contribution < -0.4 is 0 Å². The summed E-state index contributed by atoms with van der Waals surface area (Å²) in [6.07, 6.45) is 17.8. The van der Waals surface area contributed by atoms with Gasteiger partial charge in [0.1, 0.15) is 5.76 Å². The third-order valence-corrected chi connectivity index (χ3v) is 8.05. The number of nitrogens with zero attached hydrogens (tertiary/aromatic N) is 1. The average molecular weight is 583 g/mol. The van der Waals surface area contributed by atoms with Crippen LogP contribution in [0.25, 0.3) is 5.76 Å². The second-order valence-corrected chi connectivity index (χ2v) is 11.4. The number of halogens is 1. The first-order valence-corrected chi connectivity index (χ1v) is 15.4. The maximum Gasteiger partial charge on any atom is 0.295 e. The van der Waals surface area contributed by atoms with Gasteiger partial charge in [0.25, 0.3) is 11.7 Å². The molecule has 0 bridgehead atoms. The van der Waals surface area contributed by atoms with E-state index in [1.54, 1.807) is 17.0 Å². The van der Waals surface area contributed by atoms with E-state index in [2.05, 4.69) is 22.9 Å². The number of aliphatic hydroxyl groups is 1. The summed E-state index contributed by atoms with van der Waals surface area (Å²) in [7, 11) is 0. The number of likely N-dealkylation sites (tertiary alicyclic amines) is 1. The van der Waals surface area contributed by atoms with Crippen molar-refractivity contribution in [1.29, 1.82) is 0 Å². The molecule has 1 aliphatic heterocycles. The van der Waals surface area contributed by atoms with Crippen LogP contribution in [0.15, 0.2) is 64.6 Å². The molecule has 206 valence electrons. The van der Waals surface area contributed by atoms with Crippen LogP contribution in [0.4, 0.5) is 0 Å². The summed E-state index contributed by atoms with van der Waals surface area (Å²) >= 11 is 3.40. The van der Waals surface area contributed by atoms with Gasteiger partial charge in [-0.15, -0.1) is 0 Å². The fraction of sp³-hybridized carbons (Fsp3) is 0.515. The highest BCUT2D eigenvalue weighted by Crippen LogP contribution is 2.39. The van der Waals surface area contributed by atoms with Crippen LogP contribution in [0, 0.1) is 0 Å². The van der Waals surface area contributed by atoms with Crippen LogP contribution in [0.1, 0.15) is 114 Å². The van der Waals surface area contributed by atoms with Gasteiger partial charge in [0.2, 0.25) is 0 Å². The molecule has 3 rings (SSSR count). The van der Waals surface area contributed by atoms with Crippen molar-refractivity contribution in [1.82, 2.24) is 4.90 Å². The van der Waals surface area contributed by atoms with Gasteiger partial charge < -0.3 is 10.0 Å². The first-order chi connectivity index (χ1) is 18.5. The van der Waals surface area contributed by atoms with Gasteiger partial charge in [-0.25, -0.2) is 0 Å². The Morgan fingerprint density at radius 2 is 1.24 bits per heavy atom. The highest BCUT2D eigenvalue weighted by atomic mass is 79.9. The number of ketones is 1. The topological polar surface area (TPSA) is 57.6 Å². The minimum Gasteiger partial charge on any atom is -0.507 e. The number of hydrogen-bond acceptors (Lipinski definition) is 3. The Morgan fingerprint density at radius 1 is 0.737 bits per heavy atom. The van der Waals surface area contributed by atoms with Crippen molar-refractivity contribution in [3.63, 3.8) is 0 Å². The van der Waals surface area contributed by atoms with E-state index in [-0.39, 0.29) is 11.3 Å². The van der Waals surface area contributed by atoms with Crippen molar-refractivity contribution in [3.8, 4) is 0 Å². The summed E-state index contributed by atoms with van der Waals surface area (Å²) in [5, 5.41) is 11.1. The lowest BCUT2D eigenvalue weighted by atomic mass is 9.95. The zero-order valence-corrected chi connectivity index (χ0v) is 24.6. The van der Waals surface area contributed by atoms with Gasteiger partial charge in [-0.05, 0) is 24.1 Å². The summed E-state index contributed by atoms with van der Waals surface area (Å²) in [4.78, 5) is 27.8. The normalized spacial score (nSPS) is 16.9. The molecule has 1 N–H and O–H groups in total. The van der Waals surface area contributed by atoms with E-state index >= 15 is 0 Å². The fourth-order valence-electron chi connectivity index (χ4n) is 5.33. The molecule has 38 heavy (non-hydrogen) atoms. The summed E-state index contributed by atoms with van der Waals surface area (Å²) < 4.78 is 0.881. The Bertz CT molecular complexity index is 1030. The molecule has 0 spiro atoms. The molecule has 0 saturated carbocycles. The third-order valence-electron chi connectivity index (χ3n) is 7.53. The van der Waals surface area contributed by atoms with Crippen molar-refractivity contribution >= 4 is 33.4 Å². The van der Waals surface area contributed by atoms with E-state index in [1.165, 1.54) is 70.6 Å². The molecule has 1 fully saturated rings. The standard InChI is InChI=1S/C33H44BrNO3/c1-2-3-4-5-6-7-8-9-10-11-12-13-14-18-25-35-30(26-19-16-15-17-20-26)29(32(37)33(35)38)31(36)27-21-23-28(34)24-22-27/h15-17,19-24,30,36H,2-14,18,25H2,1H3/b31-29+/t30-/m1/s1. The minimum absolute atomic E-state index is 0.117. The fourth-order valence-corrected chi connectivity index (χ4v) is 5.60. The van der Waals surface area contributed by atoms with Gasteiger partial charge in [-0.1, -0.05) is 149 Å². The van der Waals surface area contributed by atoms with Crippen LogP contribution in [0.5, 0.6) is 0 Å². The van der Waals surface area contributed by atoms with Gasteiger partial charge >= 0.3 is 0 Å². The van der Waals surface area contributed by atoms with E-state index < -0.39 is 17.7 Å². The maximum absolute atomic E-state index is 13.1. The van der Waals surface area contributed by atoms with E-state index in [0.717, 1.165) is 29.3 Å². The molecule has 0 aliphatic carbocycles. The largest absolute Gasteiger partial charge is 0.507 e. The Kier molecular flexibility index (Phi) is 13.1. The summed E-state index contributed by atoms with van der Waals surface area (Å²) in [5.41, 5.74) is 1.55. The lowest BCUT2D eigenvalue weighted by Crippen LogP contribution is -2.30. The smallest absolute Gasteiger partial charge is 0.295 e. The molecular formula is C33H44BrNO3. The van der Waals surface area contributed by atoms with Crippen molar-refractivity contribution in [2.45, 2.75) is 103 Å². The number of unbranched alkanes of at least 4 members (excludes halogenated alkanes) is 13. The van der Waals surface area contributed by atoms with Gasteiger partial charge in [0.05, 0.1) is 11.6 Å². The number of amides is 1. The molecule has 1 atom stereocenters. The molecule has 0 aromatic heterocycles. The first-order valence-electron chi connectivity index (χ1n) is 14.6. The molecular weight excluding hydrogens is 538 g/mol. The quantitative estimate of drug-likeness (QED) is 0.0875. The lowest BCUT2D eigenvalue weighted by Gasteiger charge is -2.25. The monoisotopic (exact) mass is 581 g/mol. The minimum atomic E-state index is -0.607. The zero-order valence-electron chi connectivity index (χ0n) is 23.0. The second kappa shape index (κ2) is 16.5. The summed E-state index contributed by atoms with van der Waals surface area (Å²) in [6.45, 7) is 2.78. The molecule has 1 aliphatic rings. The Balaban J connectivity index is 1.49. The molecule has 5 heteroatoms. The second-order valence-electron chi connectivity index (χ2n) is 10.5. The summed E-state index contributed by atoms with van der Waals surface area (Å²) in [5.74, 6) is -1.25. The Labute approximate surface area is 237 Å². The average Bonchev–Trinajstić information content (AvgIpc) is 3.18. The Morgan fingerprint density at radius 3 is 1.76 bits per heavy atom. The molecule has 2 aromatic rings. The van der Waals surface area contributed by atoms with Crippen LogP contribution in [-0.4, -0.2) is 28.2 Å². The molecule has 1 amide bonds. The number of rotatable bonds is 17. The van der Waals surface area contributed by atoms with Gasteiger partial charge in [-0.2, -0.15) is 0 Å². The third kappa shape index (κ3) is 8.83. The zero-order chi connectivity index (χ0) is 27.2. The number of hydrogen-bond donors (Lipinski definition) is 1. The number of benzene rings is 2. The number of Topliss-reactive ketones (excluding diaryl/α,β-unsaturated/α-hetero) is 1. The van der Waals surface area contributed by atoms with Gasteiger partial charge in [-0.3, -0.25) is 9.59 Å². The van der Waals surface area contributed by atoms with E-state index in [1.807, 2.05) is 42.5 Å². The molecule has 1 heterocycles. The van der Waals surface area contributed by atoms with Crippen LogP contribution in [0.3, 0.4) is 0 Å². The van der Waals surface area contributed by atoms with Crippen molar-refractivity contribution in [2.75, 3.05) is 6.54 Å². The van der Waals surface area contributed by atoms with Crippen molar-refractivity contribution in [3.05, 3.63) is 75.8 Å². The van der Waals surface area contributed by atoms with E-state index in [0.29, 0.717) is 12.1 Å². The summed E-state index contributed by atoms with van der Waals surface area (Å²) in [6, 6.07) is 16.1. The van der Waals surface area contributed by atoms with E-state index in [9.17, 15) is 14.7 Å². The predicted octanol–water partition coefficient (Wildman–Crippen LogP) is 9.35. The number of aliphatic hydroxyl groups excluding tert-OH is 1. The van der Waals surface area contributed by atoms with Crippen molar-refractivity contribution in [2.24, 2.45) is 0 Å². The van der Waals surface area contributed by atoms with Crippen molar-refractivity contribution < 1.29 is 14.7 Å². The van der Waals surface area contributed by atoms with Crippen LogP contribution in [0.2, 0.25) is 0 Å². The maximum atomic E-state index is 13.1. The van der Waals surface area contributed by atoms with Gasteiger partial charge in [0.15, 0.2) is 0 Å². The molecule has 0 unspecified atom stereocenters. The number of carbonyl (C=O) groups excluding carboxylic acids is 2. The molecule has 4 nitrogen and oxygen atoms in total. The molecule has 0 radical (unpaired) electrons.